The van der Waals surface area contributed by atoms with Gasteiger partial charge in [-0.15, -0.1) is 5.10 Å². The fraction of sp³-hybridized carbons (Fsp3) is 0.706. The maximum atomic E-state index is 10.7. The number of nitrogens with zero attached hydrogens (tertiary/aromatic N) is 3. The molecule has 0 aliphatic heterocycles. The summed E-state index contributed by atoms with van der Waals surface area (Å²) in [7, 11) is 0. The van der Waals surface area contributed by atoms with Gasteiger partial charge in [0.05, 0.1) is 5.69 Å². The topological polar surface area (TPSA) is 59.8 Å². The van der Waals surface area contributed by atoms with Crippen LogP contribution in [0.25, 0.3) is 0 Å². The summed E-state index contributed by atoms with van der Waals surface area (Å²) in [5.74, 6) is 0.0532. The van der Waals surface area contributed by atoms with Gasteiger partial charge in [-0.2, -0.15) is 6.42 Å². The van der Waals surface area contributed by atoms with Crippen LogP contribution in [0.15, 0.2) is 6.20 Å². The number of amides is 1. The van der Waals surface area contributed by atoms with Gasteiger partial charge in [0.25, 0.3) is 0 Å². The Bertz CT molecular complexity index is 369. The summed E-state index contributed by atoms with van der Waals surface area (Å²) >= 11 is 0. The van der Waals surface area contributed by atoms with E-state index in [1.165, 1.54) is 0 Å². The molecule has 0 saturated heterocycles. The van der Waals surface area contributed by atoms with Crippen molar-refractivity contribution in [2.24, 2.45) is 0 Å². The van der Waals surface area contributed by atoms with Crippen LogP contribution in [0.5, 0.6) is 0 Å². The predicted molar refractivity (Wildman–Crippen MR) is 93.2 cm³/mol. The quantitative estimate of drug-likeness (QED) is 0.382. The molecule has 23 heavy (non-hydrogen) atoms. The number of hydrogen-bond acceptors (Lipinski definition) is 3. The van der Waals surface area contributed by atoms with Crippen molar-refractivity contribution >= 4 is 5.91 Å². The van der Waals surface area contributed by atoms with E-state index >= 15 is 0 Å². The summed E-state index contributed by atoms with van der Waals surface area (Å²) < 4.78 is 1.92. The number of rotatable bonds is 10. The SMILES string of the molecule is CC.[CH2-]CCCc1cn(CCCCCCNC(C)=O)nn1.[CH3-].[K+]. The van der Waals surface area contributed by atoms with Gasteiger partial charge in [0.15, 0.2) is 0 Å². The van der Waals surface area contributed by atoms with Gasteiger partial charge >= 0.3 is 51.4 Å². The third-order valence-electron chi connectivity index (χ3n) is 2.96. The second kappa shape index (κ2) is 20.3. The molecule has 1 aromatic rings. The van der Waals surface area contributed by atoms with Crippen molar-refractivity contribution in [1.29, 1.82) is 0 Å². The van der Waals surface area contributed by atoms with Crippen LogP contribution in [0.3, 0.4) is 0 Å². The standard InChI is InChI=1S/C14H25N4O.C2H6.CH3.K/c1-3-4-9-14-12-18(17-16-14)11-8-6-5-7-10-15-13(2)19;1-2;;/h12H,1,3-11H2,2H3,(H,15,19);1-2H3;1H3;/q-1;;-1;+1. The normalized spacial score (nSPS) is 9.04. The average Bonchev–Trinajstić information content (AvgIpc) is 2.94. The van der Waals surface area contributed by atoms with Gasteiger partial charge in [-0.3, -0.25) is 9.48 Å². The first kappa shape index (κ1) is 28.1. The van der Waals surface area contributed by atoms with Crippen LogP contribution in [0, 0.1) is 14.4 Å². The predicted octanol–water partition coefficient (Wildman–Crippen LogP) is 0.612. The van der Waals surface area contributed by atoms with Crippen molar-refractivity contribution in [1.82, 2.24) is 20.3 Å². The minimum atomic E-state index is 0. The average molecular weight is 350 g/mol. The van der Waals surface area contributed by atoms with E-state index in [9.17, 15) is 4.79 Å². The second-order valence-electron chi connectivity index (χ2n) is 4.83. The first-order valence-corrected chi connectivity index (χ1v) is 8.15. The van der Waals surface area contributed by atoms with E-state index in [1.54, 1.807) is 6.92 Å². The molecule has 1 aromatic heterocycles. The van der Waals surface area contributed by atoms with Crippen LogP contribution in [0.4, 0.5) is 0 Å². The molecule has 1 rings (SSSR count). The van der Waals surface area contributed by atoms with Crippen molar-refractivity contribution in [2.75, 3.05) is 6.54 Å². The molecular weight excluding hydrogens is 315 g/mol. The largest absolute Gasteiger partial charge is 1.00 e. The van der Waals surface area contributed by atoms with E-state index in [2.05, 4.69) is 22.6 Å². The molecule has 5 nitrogen and oxygen atoms in total. The monoisotopic (exact) mass is 349 g/mol. The van der Waals surface area contributed by atoms with Gasteiger partial charge in [-0.05, 0) is 19.3 Å². The Morgan fingerprint density at radius 1 is 1.22 bits per heavy atom. The fourth-order valence-electron chi connectivity index (χ4n) is 1.89. The molecule has 6 heteroatoms. The van der Waals surface area contributed by atoms with E-state index in [1.807, 2.05) is 24.7 Å². The number of unbranched alkanes of at least 4 members (excludes halogenated alkanes) is 4. The Balaban J connectivity index is -0.000000960. The summed E-state index contributed by atoms with van der Waals surface area (Å²) in [4.78, 5) is 10.7. The van der Waals surface area contributed by atoms with E-state index < -0.39 is 0 Å². The van der Waals surface area contributed by atoms with E-state index in [4.69, 9.17) is 0 Å². The fourth-order valence-corrected chi connectivity index (χ4v) is 1.89. The maximum absolute atomic E-state index is 10.7. The molecule has 0 aromatic carbocycles. The Hall–Kier alpha value is 0.246. The van der Waals surface area contributed by atoms with Crippen LogP contribution in [-0.4, -0.2) is 27.4 Å². The summed E-state index contributed by atoms with van der Waals surface area (Å²) in [5, 5.41) is 11.1. The first-order chi connectivity index (χ1) is 10.2. The number of aryl methyl sites for hydroxylation is 2. The van der Waals surface area contributed by atoms with Crippen LogP contribution in [-0.2, 0) is 17.8 Å². The summed E-state index contributed by atoms with van der Waals surface area (Å²) in [6.45, 7) is 11.1. The molecule has 1 amide bonds. The molecule has 0 fully saturated rings. The molecular formula is C17H34KN4O-. The van der Waals surface area contributed by atoms with E-state index in [0.29, 0.717) is 0 Å². The molecule has 0 saturated carbocycles. The molecule has 0 radical (unpaired) electrons. The molecule has 1 N–H and O–H groups in total. The van der Waals surface area contributed by atoms with Crippen molar-refractivity contribution in [3.63, 3.8) is 0 Å². The van der Waals surface area contributed by atoms with E-state index in [0.717, 1.165) is 63.7 Å². The Morgan fingerprint density at radius 2 is 1.87 bits per heavy atom. The van der Waals surface area contributed by atoms with Crippen molar-refractivity contribution in [3.05, 3.63) is 26.2 Å². The van der Waals surface area contributed by atoms with Crippen molar-refractivity contribution in [3.8, 4) is 0 Å². The number of hydrogen-bond donors (Lipinski definition) is 1. The molecule has 130 valence electrons. The number of nitrogens with one attached hydrogen (secondary N) is 1. The first-order valence-electron chi connectivity index (χ1n) is 8.15. The van der Waals surface area contributed by atoms with Gasteiger partial charge in [0.2, 0.25) is 5.91 Å². The number of aromatic nitrogens is 3. The van der Waals surface area contributed by atoms with E-state index in [-0.39, 0.29) is 64.7 Å². The zero-order chi connectivity index (χ0) is 15.9. The second-order valence-corrected chi connectivity index (χ2v) is 4.83. The van der Waals surface area contributed by atoms with Crippen LogP contribution >= 0.6 is 0 Å². The molecule has 0 unspecified atom stereocenters. The maximum Gasteiger partial charge on any atom is 1.00 e. The van der Waals surface area contributed by atoms with Crippen molar-refractivity contribution < 1.29 is 56.2 Å². The van der Waals surface area contributed by atoms with Gasteiger partial charge in [-0.1, -0.05) is 38.3 Å². The third-order valence-corrected chi connectivity index (χ3v) is 2.96. The summed E-state index contributed by atoms with van der Waals surface area (Å²) in [5.41, 5.74) is 1.06. The molecule has 1 heterocycles. The smallest absolute Gasteiger partial charge is 0.358 e. The van der Waals surface area contributed by atoms with Gasteiger partial charge in [0, 0.05) is 26.2 Å². The Morgan fingerprint density at radius 3 is 2.48 bits per heavy atom. The number of carbonyl (C=O) groups excluding carboxylic acids is 1. The molecule has 0 atom stereocenters. The molecule has 0 bridgehead atoms. The third kappa shape index (κ3) is 16.9. The van der Waals surface area contributed by atoms with Gasteiger partial charge in [0.1, 0.15) is 0 Å². The van der Waals surface area contributed by atoms with Gasteiger partial charge < -0.3 is 19.7 Å². The zero-order valence-corrected chi connectivity index (χ0v) is 19.0. The zero-order valence-electron chi connectivity index (χ0n) is 15.9. The molecule has 0 spiro atoms. The Labute approximate surface area is 185 Å². The number of carbonyl (C=O) groups is 1. The molecule has 0 aliphatic rings. The van der Waals surface area contributed by atoms with Crippen LogP contribution < -0.4 is 56.7 Å². The minimum absolute atomic E-state index is 0. The Kier molecular flexibility index (Phi) is 24.8. The van der Waals surface area contributed by atoms with Gasteiger partial charge in [-0.25, -0.2) is 0 Å². The van der Waals surface area contributed by atoms with Crippen LogP contribution in [0.1, 0.15) is 65.0 Å². The van der Waals surface area contributed by atoms with Crippen LogP contribution in [0.2, 0.25) is 0 Å². The molecule has 0 aliphatic carbocycles. The van der Waals surface area contributed by atoms with Crippen molar-refractivity contribution in [2.45, 2.75) is 72.3 Å². The summed E-state index contributed by atoms with van der Waals surface area (Å²) in [6.07, 6.45) is 9.48. The summed E-state index contributed by atoms with van der Waals surface area (Å²) in [6, 6.07) is 0. The minimum Gasteiger partial charge on any atom is -0.358 e.